The molecule has 2 rings (SSSR count). The highest BCUT2D eigenvalue weighted by molar-refractivity contribution is 5.52. The second-order valence-corrected chi connectivity index (χ2v) is 4.26. The molecule has 4 N–H and O–H groups in total. The number of nitrogens with two attached hydrogens (primary N) is 2. The smallest absolute Gasteiger partial charge is 0.0349 e. The maximum absolute atomic E-state index is 5.99. The van der Waals surface area contributed by atoms with Crippen molar-refractivity contribution in [3.8, 4) is 0 Å². The van der Waals surface area contributed by atoms with E-state index in [0.717, 1.165) is 24.2 Å². The Bertz CT molecular complexity index is 501. The van der Waals surface area contributed by atoms with Crippen molar-refractivity contribution in [2.75, 3.05) is 11.5 Å². The number of hydrogen-bond donors (Lipinski definition) is 2. The lowest BCUT2D eigenvalue weighted by Crippen LogP contribution is -2.00. The fourth-order valence-corrected chi connectivity index (χ4v) is 2.11. The summed E-state index contributed by atoms with van der Waals surface area (Å²) in [4.78, 5) is 0. The van der Waals surface area contributed by atoms with Gasteiger partial charge >= 0.3 is 0 Å². The first kappa shape index (κ1) is 11.5. The lowest BCUT2D eigenvalue weighted by Gasteiger charge is -2.10. The van der Waals surface area contributed by atoms with E-state index in [1.54, 1.807) is 0 Å². The molecule has 2 heteroatoms. The van der Waals surface area contributed by atoms with Gasteiger partial charge in [0.1, 0.15) is 0 Å². The number of anilines is 2. The van der Waals surface area contributed by atoms with Crippen LogP contribution in [-0.4, -0.2) is 0 Å². The first-order valence-electron chi connectivity index (χ1n) is 5.91. The van der Waals surface area contributed by atoms with Gasteiger partial charge in [-0.2, -0.15) is 0 Å². The molecule has 0 aromatic heterocycles. The molecule has 0 fully saturated rings. The van der Waals surface area contributed by atoms with Gasteiger partial charge in [0, 0.05) is 11.4 Å². The van der Waals surface area contributed by atoms with Gasteiger partial charge in [-0.15, -0.1) is 0 Å². The zero-order valence-electron chi connectivity index (χ0n) is 10.1. The van der Waals surface area contributed by atoms with Crippen LogP contribution in [0, 0.1) is 0 Å². The summed E-state index contributed by atoms with van der Waals surface area (Å²) >= 11 is 0. The predicted molar refractivity (Wildman–Crippen MR) is 73.9 cm³/mol. The molecule has 0 radical (unpaired) electrons. The van der Waals surface area contributed by atoms with E-state index in [9.17, 15) is 0 Å². The van der Waals surface area contributed by atoms with Crippen molar-refractivity contribution < 1.29 is 0 Å². The Morgan fingerprint density at radius 1 is 0.941 bits per heavy atom. The summed E-state index contributed by atoms with van der Waals surface area (Å²) in [7, 11) is 0. The van der Waals surface area contributed by atoms with E-state index in [2.05, 4.69) is 25.1 Å². The minimum Gasteiger partial charge on any atom is -0.399 e. The number of benzene rings is 2. The first-order valence-corrected chi connectivity index (χ1v) is 5.91. The topological polar surface area (TPSA) is 52.0 Å². The SMILES string of the molecule is CCc1c(N)cccc1Cc1ccc(N)cc1. The number of nitrogen functional groups attached to an aromatic ring is 2. The Morgan fingerprint density at radius 2 is 1.65 bits per heavy atom. The van der Waals surface area contributed by atoms with Crippen LogP contribution in [0.25, 0.3) is 0 Å². The van der Waals surface area contributed by atoms with E-state index >= 15 is 0 Å². The van der Waals surface area contributed by atoms with Gasteiger partial charge in [0.05, 0.1) is 0 Å². The quantitative estimate of drug-likeness (QED) is 0.790. The van der Waals surface area contributed by atoms with E-state index in [-0.39, 0.29) is 0 Å². The Hall–Kier alpha value is -1.96. The standard InChI is InChI=1S/C15H18N2/c1-2-14-12(4-3-5-15(14)17)10-11-6-8-13(16)9-7-11/h3-9H,2,10,16-17H2,1H3. The van der Waals surface area contributed by atoms with Crippen molar-refractivity contribution in [1.29, 1.82) is 0 Å². The molecule has 2 nitrogen and oxygen atoms in total. The molecule has 0 unspecified atom stereocenters. The van der Waals surface area contributed by atoms with Crippen LogP contribution in [0.5, 0.6) is 0 Å². The summed E-state index contributed by atoms with van der Waals surface area (Å²) in [5.74, 6) is 0. The molecular formula is C15H18N2. The third-order valence-electron chi connectivity index (χ3n) is 3.04. The molecule has 0 saturated carbocycles. The van der Waals surface area contributed by atoms with Crippen LogP contribution in [0.15, 0.2) is 42.5 Å². The molecule has 0 aliphatic rings. The molecule has 0 amide bonds. The van der Waals surface area contributed by atoms with E-state index in [4.69, 9.17) is 11.5 Å². The van der Waals surface area contributed by atoms with Crippen LogP contribution in [0.2, 0.25) is 0 Å². The summed E-state index contributed by atoms with van der Waals surface area (Å²) in [6, 6.07) is 14.1. The van der Waals surface area contributed by atoms with Gasteiger partial charge in [0.2, 0.25) is 0 Å². The maximum atomic E-state index is 5.99. The van der Waals surface area contributed by atoms with E-state index in [1.165, 1.54) is 16.7 Å². The highest BCUT2D eigenvalue weighted by atomic mass is 14.6. The molecule has 17 heavy (non-hydrogen) atoms. The lowest BCUT2D eigenvalue weighted by atomic mass is 9.97. The average Bonchev–Trinajstić information content (AvgIpc) is 2.32. The van der Waals surface area contributed by atoms with Gasteiger partial charge in [-0.25, -0.2) is 0 Å². The normalized spacial score (nSPS) is 10.4. The van der Waals surface area contributed by atoms with Gasteiger partial charge in [-0.3, -0.25) is 0 Å². The summed E-state index contributed by atoms with van der Waals surface area (Å²) in [5, 5.41) is 0. The van der Waals surface area contributed by atoms with Crippen LogP contribution < -0.4 is 11.5 Å². The molecule has 2 aromatic carbocycles. The average molecular weight is 226 g/mol. The third-order valence-corrected chi connectivity index (χ3v) is 3.04. The summed E-state index contributed by atoms with van der Waals surface area (Å²) < 4.78 is 0. The second-order valence-electron chi connectivity index (χ2n) is 4.26. The van der Waals surface area contributed by atoms with E-state index in [0.29, 0.717) is 0 Å². The Balaban J connectivity index is 2.29. The molecule has 0 atom stereocenters. The molecule has 88 valence electrons. The molecular weight excluding hydrogens is 208 g/mol. The minimum absolute atomic E-state index is 0.803. The zero-order chi connectivity index (χ0) is 12.3. The maximum Gasteiger partial charge on any atom is 0.0349 e. The molecule has 0 saturated heterocycles. The van der Waals surface area contributed by atoms with Crippen LogP contribution in [0.3, 0.4) is 0 Å². The monoisotopic (exact) mass is 226 g/mol. The minimum atomic E-state index is 0.803. The zero-order valence-corrected chi connectivity index (χ0v) is 10.1. The fraction of sp³-hybridized carbons (Fsp3) is 0.200. The molecule has 0 spiro atoms. The van der Waals surface area contributed by atoms with Crippen molar-refractivity contribution in [2.24, 2.45) is 0 Å². The fourth-order valence-electron chi connectivity index (χ4n) is 2.11. The lowest BCUT2D eigenvalue weighted by molar-refractivity contribution is 1.07. The van der Waals surface area contributed by atoms with Gasteiger partial charge in [-0.05, 0) is 47.7 Å². The highest BCUT2D eigenvalue weighted by Crippen LogP contribution is 2.21. The Morgan fingerprint density at radius 3 is 2.29 bits per heavy atom. The molecule has 0 heterocycles. The largest absolute Gasteiger partial charge is 0.399 e. The summed E-state index contributed by atoms with van der Waals surface area (Å²) in [5.41, 5.74) is 17.2. The van der Waals surface area contributed by atoms with Crippen LogP contribution in [0.4, 0.5) is 11.4 Å². The third kappa shape index (κ3) is 2.59. The van der Waals surface area contributed by atoms with Crippen molar-refractivity contribution in [2.45, 2.75) is 19.8 Å². The van der Waals surface area contributed by atoms with Crippen LogP contribution >= 0.6 is 0 Å². The predicted octanol–water partition coefficient (Wildman–Crippen LogP) is 3.00. The number of rotatable bonds is 3. The van der Waals surface area contributed by atoms with Crippen molar-refractivity contribution in [1.82, 2.24) is 0 Å². The molecule has 0 aliphatic carbocycles. The summed E-state index contributed by atoms with van der Waals surface area (Å²) in [6.45, 7) is 2.14. The second kappa shape index (κ2) is 4.91. The number of hydrogen-bond acceptors (Lipinski definition) is 2. The Kier molecular flexibility index (Phi) is 3.33. The van der Waals surface area contributed by atoms with Crippen LogP contribution in [0.1, 0.15) is 23.6 Å². The summed E-state index contributed by atoms with van der Waals surface area (Å²) in [6.07, 6.45) is 1.88. The van der Waals surface area contributed by atoms with Gasteiger partial charge in [-0.1, -0.05) is 31.2 Å². The Labute approximate surface area is 102 Å². The molecule has 0 aliphatic heterocycles. The van der Waals surface area contributed by atoms with Crippen LogP contribution in [-0.2, 0) is 12.8 Å². The van der Waals surface area contributed by atoms with Crippen molar-refractivity contribution >= 4 is 11.4 Å². The van der Waals surface area contributed by atoms with E-state index < -0.39 is 0 Å². The first-order chi connectivity index (χ1) is 8.20. The van der Waals surface area contributed by atoms with Gasteiger partial charge < -0.3 is 11.5 Å². The van der Waals surface area contributed by atoms with Crippen molar-refractivity contribution in [3.63, 3.8) is 0 Å². The van der Waals surface area contributed by atoms with E-state index in [1.807, 2.05) is 24.3 Å². The van der Waals surface area contributed by atoms with Crippen molar-refractivity contribution in [3.05, 3.63) is 59.2 Å². The highest BCUT2D eigenvalue weighted by Gasteiger charge is 2.04. The molecule has 0 bridgehead atoms. The van der Waals surface area contributed by atoms with Gasteiger partial charge in [0.15, 0.2) is 0 Å². The van der Waals surface area contributed by atoms with Gasteiger partial charge in [0.25, 0.3) is 0 Å². The molecule has 2 aromatic rings.